The van der Waals surface area contributed by atoms with E-state index in [1.54, 1.807) is 0 Å². The Labute approximate surface area is 64.2 Å². The van der Waals surface area contributed by atoms with E-state index in [0.29, 0.717) is 5.41 Å². The molecule has 0 spiro atoms. The lowest BCUT2D eigenvalue weighted by atomic mass is 9.59. The molecule has 1 rings (SSSR count). The van der Waals surface area contributed by atoms with Crippen LogP contribution in [0, 0.1) is 11.3 Å². The van der Waals surface area contributed by atoms with Gasteiger partial charge in [-0.05, 0) is 24.3 Å². The van der Waals surface area contributed by atoms with E-state index in [0.717, 1.165) is 18.5 Å². The van der Waals surface area contributed by atoms with Crippen LogP contribution in [0.5, 0.6) is 0 Å². The standard InChI is InChI=1S/C9H19N/c1-5-10-8-6-7(2)9(8,3)4/h7-8,10H,5-6H2,1-4H3. The molecule has 2 unspecified atom stereocenters. The largest absolute Gasteiger partial charge is 0.314 e. The molecule has 1 heteroatoms. The highest BCUT2D eigenvalue weighted by atomic mass is 14.9. The van der Waals surface area contributed by atoms with Gasteiger partial charge in [-0.3, -0.25) is 0 Å². The van der Waals surface area contributed by atoms with Gasteiger partial charge in [0.05, 0.1) is 0 Å². The number of rotatable bonds is 2. The van der Waals surface area contributed by atoms with Gasteiger partial charge in [0.1, 0.15) is 0 Å². The zero-order valence-corrected chi connectivity index (χ0v) is 7.57. The van der Waals surface area contributed by atoms with Crippen LogP contribution in [0.25, 0.3) is 0 Å². The highest BCUT2D eigenvalue weighted by Gasteiger charge is 2.44. The quantitative estimate of drug-likeness (QED) is 0.620. The highest BCUT2D eigenvalue weighted by Crippen LogP contribution is 2.45. The van der Waals surface area contributed by atoms with Crippen LogP contribution in [0.2, 0.25) is 0 Å². The number of hydrogen-bond donors (Lipinski definition) is 1. The SMILES string of the molecule is CCNC1CC(C)C1(C)C. The second kappa shape index (κ2) is 2.54. The number of nitrogens with one attached hydrogen (secondary N) is 1. The van der Waals surface area contributed by atoms with E-state index in [2.05, 4.69) is 33.0 Å². The van der Waals surface area contributed by atoms with Crippen LogP contribution in [0.3, 0.4) is 0 Å². The summed E-state index contributed by atoms with van der Waals surface area (Å²) in [5.41, 5.74) is 0.538. The van der Waals surface area contributed by atoms with E-state index in [1.165, 1.54) is 6.42 Å². The van der Waals surface area contributed by atoms with Crippen LogP contribution in [-0.2, 0) is 0 Å². The molecule has 1 aliphatic carbocycles. The van der Waals surface area contributed by atoms with Crippen LogP contribution in [0.4, 0.5) is 0 Å². The van der Waals surface area contributed by atoms with Crippen LogP contribution in [-0.4, -0.2) is 12.6 Å². The van der Waals surface area contributed by atoms with E-state index in [9.17, 15) is 0 Å². The Kier molecular flexibility index (Phi) is 2.04. The minimum absolute atomic E-state index is 0.538. The summed E-state index contributed by atoms with van der Waals surface area (Å²) >= 11 is 0. The smallest absolute Gasteiger partial charge is 0.0123 e. The molecule has 0 aliphatic heterocycles. The molecule has 1 saturated carbocycles. The second-order valence-corrected chi connectivity index (χ2v) is 4.07. The predicted molar refractivity (Wildman–Crippen MR) is 45.0 cm³/mol. The summed E-state index contributed by atoms with van der Waals surface area (Å²) < 4.78 is 0. The van der Waals surface area contributed by atoms with Crippen LogP contribution in [0.15, 0.2) is 0 Å². The van der Waals surface area contributed by atoms with Gasteiger partial charge in [-0.2, -0.15) is 0 Å². The molecular weight excluding hydrogens is 122 g/mol. The maximum Gasteiger partial charge on any atom is 0.0123 e. The first-order valence-electron chi connectivity index (χ1n) is 4.32. The summed E-state index contributed by atoms with van der Waals surface area (Å²) in [5, 5.41) is 3.50. The first-order valence-corrected chi connectivity index (χ1v) is 4.32. The third-order valence-corrected chi connectivity index (χ3v) is 3.21. The highest BCUT2D eigenvalue weighted by molar-refractivity contribution is 4.98. The Morgan fingerprint density at radius 3 is 2.40 bits per heavy atom. The molecule has 0 saturated heterocycles. The minimum Gasteiger partial charge on any atom is -0.314 e. The molecule has 0 aromatic heterocycles. The lowest BCUT2D eigenvalue weighted by molar-refractivity contribution is 0.0287. The van der Waals surface area contributed by atoms with E-state index < -0.39 is 0 Å². The second-order valence-electron chi connectivity index (χ2n) is 4.07. The Balaban J connectivity index is 2.39. The van der Waals surface area contributed by atoms with Crippen LogP contribution < -0.4 is 5.32 Å². The Morgan fingerprint density at radius 1 is 1.50 bits per heavy atom. The molecule has 0 amide bonds. The van der Waals surface area contributed by atoms with Gasteiger partial charge in [0.25, 0.3) is 0 Å². The molecule has 0 radical (unpaired) electrons. The molecule has 0 bridgehead atoms. The van der Waals surface area contributed by atoms with E-state index in [-0.39, 0.29) is 0 Å². The average Bonchev–Trinajstić information content (AvgIpc) is 1.88. The van der Waals surface area contributed by atoms with Crippen molar-refractivity contribution in [1.29, 1.82) is 0 Å². The fraction of sp³-hybridized carbons (Fsp3) is 1.00. The lowest BCUT2D eigenvalue weighted by Crippen LogP contribution is -2.55. The first kappa shape index (κ1) is 8.06. The molecule has 2 atom stereocenters. The summed E-state index contributed by atoms with van der Waals surface area (Å²) in [6.07, 6.45) is 1.36. The molecule has 0 aromatic rings. The zero-order valence-electron chi connectivity index (χ0n) is 7.57. The van der Waals surface area contributed by atoms with Gasteiger partial charge in [0, 0.05) is 6.04 Å². The summed E-state index contributed by atoms with van der Waals surface area (Å²) in [5.74, 6) is 0.900. The van der Waals surface area contributed by atoms with Crippen molar-refractivity contribution in [3.05, 3.63) is 0 Å². The number of hydrogen-bond acceptors (Lipinski definition) is 1. The van der Waals surface area contributed by atoms with E-state index >= 15 is 0 Å². The van der Waals surface area contributed by atoms with Crippen molar-refractivity contribution in [2.45, 2.75) is 40.2 Å². The van der Waals surface area contributed by atoms with Gasteiger partial charge in [-0.1, -0.05) is 27.7 Å². The van der Waals surface area contributed by atoms with Crippen LogP contribution >= 0.6 is 0 Å². The maximum absolute atomic E-state index is 3.50. The minimum atomic E-state index is 0.538. The molecule has 1 aliphatic rings. The van der Waals surface area contributed by atoms with Crippen molar-refractivity contribution < 1.29 is 0 Å². The molecule has 10 heavy (non-hydrogen) atoms. The zero-order chi connectivity index (χ0) is 7.78. The molecule has 1 fully saturated rings. The normalized spacial score (nSPS) is 37.2. The predicted octanol–water partition coefficient (Wildman–Crippen LogP) is 2.03. The van der Waals surface area contributed by atoms with Crippen molar-refractivity contribution in [2.24, 2.45) is 11.3 Å². The van der Waals surface area contributed by atoms with E-state index in [1.807, 2.05) is 0 Å². The summed E-state index contributed by atoms with van der Waals surface area (Å²) in [6, 6.07) is 0.771. The fourth-order valence-corrected chi connectivity index (χ4v) is 1.74. The van der Waals surface area contributed by atoms with Gasteiger partial charge in [0.15, 0.2) is 0 Å². The van der Waals surface area contributed by atoms with Crippen molar-refractivity contribution >= 4 is 0 Å². The Bertz CT molecular complexity index is 116. The average molecular weight is 141 g/mol. The summed E-state index contributed by atoms with van der Waals surface area (Å²) in [7, 11) is 0. The van der Waals surface area contributed by atoms with Crippen molar-refractivity contribution in [2.75, 3.05) is 6.54 Å². The topological polar surface area (TPSA) is 12.0 Å². The van der Waals surface area contributed by atoms with Crippen molar-refractivity contribution in [3.63, 3.8) is 0 Å². The molecule has 0 aromatic carbocycles. The molecule has 1 N–H and O–H groups in total. The fourth-order valence-electron chi connectivity index (χ4n) is 1.74. The third-order valence-electron chi connectivity index (χ3n) is 3.21. The van der Waals surface area contributed by atoms with Gasteiger partial charge in [0.2, 0.25) is 0 Å². The summed E-state index contributed by atoms with van der Waals surface area (Å²) in [6.45, 7) is 10.3. The lowest BCUT2D eigenvalue weighted by Gasteiger charge is -2.51. The first-order chi connectivity index (χ1) is 4.59. The molecule has 0 heterocycles. The Hall–Kier alpha value is -0.0400. The van der Waals surface area contributed by atoms with Gasteiger partial charge in [-0.15, -0.1) is 0 Å². The monoisotopic (exact) mass is 141 g/mol. The van der Waals surface area contributed by atoms with Gasteiger partial charge >= 0.3 is 0 Å². The summed E-state index contributed by atoms with van der Waals surface area (Å²) in [4.78, 5) is 0. The molecular formula is C9H19N. The maximum atomic E-state index is 3.50. The Morgan fingerprint density at radius 2 is 2.10 bits per heavy atom. The molecule has 60 valence electrons. The van der Waals surface area contributed by atoms with Gasteiger partial charge in [-0.25, -0.2) is 0 Å². The molecule has 1 nitrogen and oxygen atoms in total. The third kappa shape index (κ3) is 1.07. The van der Waals surface area contributed by atoms with Crippen molar-refractivity contribution in [1.82, 2.24) is 5.32 Å². The van der Waals surface area contributed by atoms with Crippen molar-refractivity contribution in [3.8, 4) is 0 Å². The van der Waals surface area contributed by atoms with E-state index in [4.69, 9.17) is 0 Å². The van der Waals surface area contributed by atoms with Gasteiger partial charge < -0.3 is 5.32 Å². The van der Waals surface area contributed by atoms with Crippen LogP contribution in [0.1, 0.15) is 34.1 Å².